The second-order valence-electron chi connectivity index (χ2n) is 4.60. The standard InChI is InChI=1S/C15H19N3O3S/c1-2-6-16-7-8-17-13(19)11-5-10-22-15(11)18-14(20)12-4-3-9-21-12/h3-5,9-10,16H,2,6-8H2,1H3,(H,17,19)(H,18,20). The van der Waals surface area contributed by atoms with Crippen molar-refractivity contribution in [1.82, 2.24) is 10.6 Å². The number of hydrogen-bond acceptors (Lipinski definition) is 5. The smallest absolute Gasteiger partial charge is 0.291 e. The quantitative estimate of drug-likeness (QED) is 0.652. The summed E-state index contributed by atoms with van der Waals surface area (Å²) < 4.78 is 5.03. The Bertz CT molecular complexity index is 607. The van der Waals surface area contributed by atoms with E-state index in [-0.39, 0.29) is 17.6 Å². The van der Waals surface area contributed by atoms with Gasteiger partial charge in [-0.3, -0.25) is 9.59 Å². The molecule has 2 rings (SSSR count). The number of anilines is 1. The first-order valence-electron chi connectivity index (χ1n) is 7.13. The highest BCUT2D eigenvalue weighted by atomic mass is 32.1. The number of carbonyl (C=O) groups is 2. The molecule has 22 heavy (non-hydrogen) atoms. The van der Waals surface area contributed by atoms with Gasteiger partial charge in [-0.05, 0) is 36.5 Å². The normalized spacial score (nSPS) is 10.4. The molecule has 0 fully saturated rings. The van der Waals surface area contributed by atoms with Gasteiger partial charge in [0.25, 0.3) is 11.8 Å². The zero-order chi connectivity index (χ0) is 15.8. The first kappa shape index (κ1) is 16.3. The summed E-state index contributed by atoms with van der Waals surface area (Å²) in [5.74, 6) is -0.357. The Morgan fingerprint density at radius 1 is 1.18 bits per heavy atom. The monoisotopic (exact) mass is 321 g/mol. The van der Waals surface area contributed by atoms with Crippen molar-refractivity contribution in [3.05, 3.63) is 41.2 Å². The summed E-state index contributed by atoms with van der Waals surface area (Å²) in [4.78, 5) is 24.1. The number of rotatable bonds is 8. The average Bonchev–Trinajstić information content (AvgIpc) is 3.18. The first-order valence-corrected chi connectivity index (χ1v) is 8.01. The maximum Gasteiger partial charge on any atom is 0.291 e. The van der Waals surface area contributed by atoms with Crippen LogP contribution in [-0.4, -0.2) is 31.4 Å². The molecule has 0 unspecified atom stereocenters. The van der Waals surface area contributed by atoms with Gasteiger partial charge in [-0.25, -0.2) is 0 Å². The molecule has 3 N–H and O–H groups in total. The molecule has 2 aromatic rings. The van der Waals surface area contributed by atoms with E-state index in [1.165, 1.54) is 17.6 Å². The van der Waals surface area contributed by atoms with Crippen LogP contribution in [-0.2, 0) is 0 Å². The first-order chi connectivity index (χ1) is 10.7. The molecule has 0 aliphatic rings. The van der Waals surface area contributed by atoms with Crippen LogP contribution in [0, 0.1) is 0 Å². The highest BCUT2D eigenvalue weighted by molar-refractivity contribution is 7.14. The molecular weight excluding hydrogens is 302 g/mol. The van der Waals surface area contributed by atoms with Crippen molar-refractivity contribution in [2.24, 2.45) is 0 Å². The van der Waals surface area contributed by atoms with Crippen molar-refractivity contribution >= 4 is 28.2 Å². The third-order valence-corrected chi connectivity index (χ3v) is 3.73. The Morgan fingerprint density at radius 2 is 2.05 bits per heavy atom. The van der Waals surface area contributed by atoms with Gasteiger partial charge in [-0.1, -0.05) is 6.92 Å². The van der Waals surface area contributed by atoms with Crippen LogP contribution in [0.4, 0.5) is 5.00 Å². The van der Waals surface area contributed by atoms with E-state index in [0.29, 0.717) is 17.1 Å². The van der Waals surface area contributed by atoms with Gasteiger partial charge in [0.1, 0.15) is 5.00 Å². The van der Waals surface area contributed by atoms with E-state index in [2.05, 4.69) is 22.9 Å². The second kappa shape index (κ2) is 8.35. The van der Waals surface area contributed by atoms with Crippen LogP contribution >= 0.6 is 11.3 Å². The fourth-order valence-corrected chi connectivity index (χ4v) is 2.60. The predicted octanol–water partition coefficient (Wildman–Crippen LogP) is 2.32. The highest BCUT2D eigenvalue weighted by Gasteiger charge is 2.16. The summed E-state index contributed by atoms with van der Waals surface area (Å²) in [7, 11) is 0. The maximum absolute atomic E-state index is 12.1. The molecule has 0 aliphatic carbocycles. The molecule has 0 aliphatic heterocycles. The van der Waals surface area contributed by atoms with Gasteiger partial charge in [-0.15, -0.1) is 11.3 Å². The molecular formula is C15H19N3O3S. The molecule has 0 bridgehead atoms. The van der Waals surface area contributed by atoms with Crippen molar-refractivity contribution < 1.29 is 14.0 Å². The molecule has 2 amide bonds. The van der Waals surface area contributed by atoms with E-state index in [0.717, 1.165) is 19.5 Å². The lowest BCUT2D eigenvalue weighted by atomic mass is 10.3. The highest BCUT2D eigenvalue weighted by Crippen LogP contribution is 2.23. The predicted molar refractivity (Wildman–Crippen MR) is 86.5 cm³/mol. The van der Waals surface area contributed by atoms with Crippen LogP contribution in [0.2, 0.25) is 0 Å². The number of carbonyl (C=O) groups excluding carboxylic acids is 2. The maximum atomic E-state index is 12.1. The van der Waals surface area contributed by atoms with E-state index < -0.39 is 0 Å². The van der Waals surface area contributed by atoms with Gasteiger partial charge in [0.2, 0.25) is 0 Å². The van der Waals surface area contributed by atoms with Crippen LogP contribution in [0.15, 0.2) is 34.3 Å². The van der Waals surface area contributed by atoms with Gasteiger partial charge in [0, 0.05) is 13.1 Å². The fourth-order valence-electron chi connectivity index (χ4n) is 1.82. The van der Waals surface area contributed by atoms with E-state index in [4.69, 9.17) is 4.42 Å². The van der Waals surface area contributed by atoms with Crippen LogP contribution in [0.3, 0.4) is 0 Å². The van der Waals surface area contributed by atoms with E-state index in [1.54, 1.807) is 23.6 Å². The van der Waals surface area contributed by atoms with Crippen molar-refractivity contribution in [3.8, 4) is 0 Å². The van der Waals surface area contributed by atoms with Crippen LogP contribution < -0.4 is 16.0 Å². The number of thiophene rings is 1. The summed E-state index contributed by atoms with van der Waals surface area (Å²) >= 11 is 1.30. The topological polar surface area (TPSA) is 83.4 Å². The third kappa shape index (κ3) is 4.44. The molecule has 0 spiro atoms. The molecule has 0 saturated heterocycles. The molecule has 118 valence electrons. The van der Waals surface area contributed by atoms with Crippen LogP contribution in [0.5, 0.6) is 0 Å². The Kier molecular flexibility index (Phi) is 6.17. The second-order valence-corrected chi connectivity index (χ2v) is 5.52. The Hall–Kier alpha value is -2.12. The SMILES string of the molecule is CCCNCCNC(=O)c1ccsc1NC(=O)c1ccco1. The molecule has 2 aromatic heterocycles. The molecule has 0 atom stereocenters. The summed E-state index contributed by atoms with van der Waals surface area (Å²) in [5.41, 5.74) is 0.459. The number of amides is 2. The largest absolute Gasteiger partial charge is 0.459 e. The molecule has 6 nitrogen and oxygen atoms in total. The lowest BCUT2D eigenvalue weighted by molar-refractivity contribution is 0.0955. The zero-order valence-corrected chi connectivity index (χ0v) is 13.2. The van der Waals surface area contributed by atoms with Gasteiger partial charge in [0.15, 0.2) is 5.76 Å². The van der Waals surface area contributed by atoms with Crippen molar-refractivity contribution in [1.29, 1.82) is 0 Å². The molecule has 0 aromatic carbocycles. The summed E-state index contributed by atoms with van der Waals surface area (Å²) in [6.07, 6.45) is 2.49. The Balaban J connectivity index is 1.88. The number of nitrogens with one attached hydrogen (secondary N) is 3. The van der Waals surface area contributed by atoms with Crippen molar-refractivity contribution in [2.75, 3.05) is 25.0 Å². The Morgan fingerprint density at radius 3 is 2.77 bits per heavy atom. The van der Waals surface area contributed by atoms with Gasteiger partial charge >= 0.3 is 0 Å². The van der Waals surface area contributed by atoms with E-state index in [1.807, 2.05) is 0 Å². The Labute approximate surface area is 132 Å². The van der Waals surface area contributed by atoms with Crippen LogP contribution in [0.25, 0.3) is 0 Å². The van der Waals surface area contributed by atoms with Crippen molar-refractivity contribution in [2.45, 2.75) is 13.3 Å². The molecule has 0 saturated carbocycles. The van der Waals surface area contributed by atoms with E-state index >= 15 is 0 Å². The van der Waals surface area contributed by atoms with Crippen LogP contribution in [0.1, 0.15) is 34.3 Å². The lowest BCUT2D eigenvalue weighted by Crippen LogP contribution is -2.32. The minimum absolute atomic E-state index is 0.200. The molecule has 7 heteroatoms. The summed E-state index contributed by atoms with van der Waals surface area (Å²) in [6.45, 7) is 4.28. The number of hydrogen-bond donors (Lipinski definition) is 3. The zero-order valence-electron chi connectivity index (χ0n) is 12.3. The molecule has 0 radical (unpaired) electrons. The lowest BCUT2D eigenvalue weighted by Gasteiger charge is -2.07. The summed E-state index contributed by atoms with van der Waals surface area (Å²) in [5, 5.41) is 11.0. The minimum atomic E-state index is -0.369. The van der Waals surface area contributed by atoms with Crippen molar-refractivity contribution in [3.63, 3.8) is 0 Å². The minimum Gasteiger partial charge on any atom is -0.459 e. The number of furan rings is 1. The van der Waals surface area contributed by atoms with Gasteiger partial charge < -0.3 is 20.4 Å². The van der Waals surface area contributed by atoms with E-state index in [9.17, 15) is 9.59 Å². The third-order valence-electron chi connectivity index (χ3n) is 2.90. The average molecular weight is 321 g/mol. The van der Waals surface area contributed by atoms with Gasteiger partial charge in [-0.2, -0.15) is 0 Å². The fraction of sp³-hybridized carbons (Fsp3) is 0.333. The van der Waals surface area contributed by atoms with Gasteiger partial charge in [0.05, 0.1) is 11.8 Å². The summed E-state index contributed by atoms with van der Waals surface area (Å²) in [6, 6.07) is 4.90. The molecule has 2 heterocycles.